The molecule has 158 valence electrons. The van der Waals surface area contributed by atoms with Crippen LogP contribution in [-0.2, 0) is 13.0 Å². The maximum Gasteiger partial charge on any atom is 0.253 e. The molecule has 0 bridgehead atoms. The zero-order chi connectivity index (χ0) is 19.6. The minimum absolute atomic E-state index is 0. The highest BCUT2D eigenvalue weighted by Crippen LogP contribution is 2.14. The molecule has 0 spiro atoms. The van der Waals surface area contributed by atoms with E-state index >= 15 is 0 Å². The molecule has 1 aromatic heterocycles. The predicted molar refractivity (Wildman–Crippen MR) is 132 cm³/mol. The van der Waals surface area contributed by atoms with Gasteiger partial charge in [0.05, 0.1) is 6.54 Å². The molecule has 1 aliphatic rings. The molecule has 0 atom stereocenters. The molecule has 0 unspecified atom stereocenters. The highest BCUT2D eigenvalue weighted by atomic mass is 127. The molecule has 29 heavy (non-hydrogen) atoms. The molecular formula is C22H31IN4OS. The van der Waals surface area contributed by atoms with E-state index in [0.29, 0.717) is 6.54 Å². The Morgan fingerprint density at radius 3 is 2.52 bits per heavy atom. The normalized spacial score (nSPS) is 14.2. The largest absolute Gasteiger partial charge is 0.357 e. The van der Waals surface area contributed by atoms with Gasteiger partial charge in [0.2, 0.25) is 0 Å². The summed E-state index contributed by atoms with van der Waals surface area (Å²) in [6.45, 7) is 6.11. The molecule has 3 rings (SSSR count). The number of hydrogen-bond acceptors (Lipinski definition) is 3. The van der Waals surface area contributed by atoms with Gasteiger partial charge in [0.15, 0.2) is 5.96 Å². The maximum atomic E-state index is 12.6. The third kappa shape index (κ3) is 7.62. The molecule has 2 aromatic rings. The van der Waals surface area contributed by atoms with Crippen LogP contribution in [0, 0.1) is 0 Å². The molecule has 1 aromatic carbocycles. The number of benzene rings is 1. The van der Waals surface area contributed by atoms with E-state index < -0.39 is 0 Å². The van der Waals surface area contributed by atoms with E-state index in [1.165, 1.54) is 11.3 Å². The Bertz CT molecular complexity index is 756. The number of guanidine groups is 1. The summed E-state index contributed by atoms with van der Waals surface area (Å²) in [5, 5.41) is 8.78. The molecule has 2 N–H and O–H groups in total. The third-order valence-corrected chi connectivity index (χ3v) is 5.79. The zero-order valence-electron chi connectivity index (χ0n) is 17.0. The lowest BCUT2D eigenvalue weighted by atomic mass is 10.1. The molecule has 0 saturated carbocycles. The Balaban J connectivity index is 0.00000300. The van der Waals surface area contributed by atoms with E-state index in [1.807, 2.05) is 29.2 Å². The van der Waals surface area contributed by atoms with E-state index in [0.717, 1.165) is 62.5 Å². The molecule has 1 saturated heterocycles. The SMILES string of the molecule is CCNC(=NCc1ccc(C(=O)N2CCCCC2)cc1)NCCc1cccs1.I. The first-order valence-electron chi connectivity index (χ1n) is 10.2. The highest BCUT2D eigenvalue weighted by molar-refractivity contribution is 14.0. The first-order valence-corrected chi connectivity index (χ1v) is 11.1. The molecule has 0 radical (unpaired) electrons. The van der Waals surface area contributed by atoms with E-state index in [9.17, 15) is 4.79 Å². The Morgan fingerprint density at radius 1 is 1.10 bits per heavy atom. The summed E-state index contributed by atoms with van der Waals surface area (Å²) in [5.41, 5.74) is 1.88. The summed E-state index contributed by atoms with van der Waals surface area (Å²) in [7, 11) is 0. The summed E-state index contributed by atoms with van der Waals surface area (Å²) < 4.78 is 0. The predicted octanol–water partition coefficient (Wildman–Crippen LogP) is 4.29. The highest BCUT2D eigenvalue weighted by Gasteiger charge is 2.17. The second-order valence-corrected chi connectivity index (χ2v) is 8.03. The molecule has 5 nitrogen and oxygen atoms in total. The lowest BCUT2D eigenvalue weighted by molar-refractivity contribution is 0.0724. The quantitative estimate of drug-likeness (QED) is 0.322. The van der Waals surface area contributed by atoms with Gasteiger partial charge in [-0.3, -0.25) is 4.79 Å². The fraction of sp³-hybridized carbons (Fsp3) is 0.455. The second kappa shape index (κ2) is 12.8. The van der Waals surface area contributed by atoms with E-state index in [4.69, 9.17) is 0 Å². The second-order valence-electron chi connectivity index (χ2n) is 7.00. The molecule has 0 aliphatic carbocycles. The van der Waals surface area contributed by atoms with Gasteiger partial charge >= 0.3 is 0 Å². The average Bonchev–Trinajstić information content (AvgIpc) is 3.26. The number of nitrogens with one attached hydrogen (secondary N) is 2. The third-order valence-electron chi connectivity index (χ3n) is 4.85. The van der Waals surface area contributed by atoms with Gasteiger partial charge in [-0.05, 0) is 61.7 Å². The number of halogens is 1. The number of aliphatic imine (C=N–C) groups is 1. The minimum atomic E-state index is 0. The number of nitrogens with zero attached hydrogens (tertiary/aromatic N) is 2. The van der Waals surface area contributed by atoms with Crippen molar-refractivity contribution in [3.8, 4) is 0 Å². The van der Waals surface area contributed by atoms with Crippen molar-refractivity contribution >= 4 is 47.2 Å². The van der Waals surface area contributed by atoms with Gasteiger partial charge in [0.25, 0.3) is 5.91 Å². The number of carbonyl (C=O) groups excluding carboxylic acids is 1. The molecule has 1 fully saturated rings. The van der Waals surface area contributed by atoms with Crippen LogP contribution < -0.4 is 10.6 Å². The zero-order valence-corrected chi connectivity index (χ0v) is 20.2. The summed E-state index contributed by atoms with van der Waals surface area (Å²) in [4.78, 5) is 20.6. The number of thiophene rings is 1. The van der Waals surface area contributed by atoms with Crippen LogP contribution in [0.4, 0.5) is 0 Å². The van der Waals surface area contributed by atoms with Crippen molar-refractivity contribution in [2.75, 3.05) is 26.2 Å². The van der Waals surface area contributed by atoms with Crippen LogP contribution in [-0.4, -0.2) is 42.9 Å². The monoisotopic (exact) mass is 526 g/mol. The Morgan fingerprint density at radius 2 is 1.86 bits per heavy atom. The smallest absolute Gasteiger partial charge is 0.253 e. The van der Waals surface area contributed by atoms with Crippen molar-refractivity contribution in [3.05, 3.63) is 57.8 Å². The van der Waals surface area contributed by atoms with Gasteiger partial charge in [0.1, 0.15) is 0 Å². The summed E-state index contributed by atoms with van der Waals surface area (Å²) in [6.07, 6.45) is 4.46. The van der Waals surface area contributed by atoms with Crippen molar-refractivity contribution in [1.82, 2.24) is 15.5 Å². The standard InChI is InChI=1S/C22H30N4OS.HI/c1-2-23-22(24-13-12-20-7-6-16-28-20)25-17-18-8-10-19(11-9-18)21(27)26-14-4-3-5-15-26;/h6-11,16H,2-5,12-15,17H2,1H3,(H2,23,24,25);1H. The number of carbonyl (C=O) groups is 1. The van der Waals surface area contributed by atoms with Crippen molar-refractivity contribution in [3.63, 3.8) is 0 Å². The van der Waals surface area contributed by atoms with Gasteiger partial charge in [0, 0.05) is 36.6 Å². The van der Waals surface area contributed by atoms with Gasteiger partial charge in [-0.2, -0.15) is 0 Å². The Labute approximate surface area is 195 Å². The number of likely N-dealkylation sites (tertiary alicyclic amines) is 1. The average molecular weight is 526 g/mol. The van der Waals surface area contributed by atoms with Crippen LogP contribution in [0.3, 0.4) is 0 Å². The molecule has 1 amide bonds. The molecule has 1 aliphatic heterocycles. The van der Waals surface area contributed by atoms with Crippen molar-refractivity contribution < 1.29 is 4.79 Å². The fourth-order valence-corrected chi connectivity index (χ4v) is 4.01. The van der Waals surface area contributed by atoms with Gasteiger partial charge in [-0.1, -0.05) is 18.2 Å². The number of rotatable bonds is 7. The maximum absolute atomic E-state index is 12.6. The number of piperidine rings is 1. The number of amides is 1. The topological polar surface area (TPSA) is 56.7 Å². The number of hydrogen-bond donors (Lipinski definition) is 2. The minimum Gasteiger partial charge on any atom is -0.357 e. The van der Waals surface area contributed by atoms with Gasteiger partial charge in [-0.25, -0.2) is 4.99 Å². The van der Waals surface area contributed by atoms with Gasteiger partial charge in [-0.15, -0.1) is 35.3 Å². The Hall–Kier alpha value is -1.61. The first kappa shape index (κ1) is 23.7. The molecule has 7 heteroatoms. The van der Waals surface area contributed by atoms with Crippen molar-refractivity contribution in [2.45, 2.75) is 39.2 Å². The van der Waals surface area contributed by atoms with Gasteiger partial charge < -0.3 is 15.5 Å². The fourth-order valence-electron chi connectivity index (χ4n) is 3.30. The Kier molecular flexibility index (Phi) is 10.5. The lowest BCUT2D eigenvalue weighted by Crippen LogP contribution is -2.38. The van der Waals surface area contributed by atoms with Crippen LogP contribution in [0.1, 0.15) is 47.0 Å². The molecular weight excluding hydrogens is 495 g/mol. The van der Waals surface area contributed by atoms with E-state index in [1.54, 1.807) is 11.3 Å². The lowest BCUT2D eigenvalue weighted by Gasteiger charge is -2.26. The summed E-state index contributed by atoms with van der Waals surface area (Å²) in [6, 6.07) is 12.1. The molecule has 2 heterocycles. The summed E-state index contributed by atoms with van der Waals surface area (Å²) >= 11 is 1.78. The van der Waals surface area contributed by atoms with Crippen molar-refractivity contribution in [1.29, 1.82) is 0 Å². The van der Waals surface area contributed by atoms with E-state index in [2.05, 4.69) is 40.1 Å². The van der Waals surface area contributed by atoms with E-state index in [-0.39, 0.29) is 29.9 Å². The van der Waals surface area contributed by atoms with Crippen LogP contribution in [0.2, 0.25) is 0 Å². The van der Waals surface area contributed by atoms with Crippen molar-refractivity contribution in [2.24, 2.45) is 4.99 Å². The van der Waals surface area contributed by atoms with Crippen LogP contribution in [0.25, 0.3) is 0 Å². The van der Waals surface area contributed by atoms with Crippen LogP contribution in [0.15, 0.2) is 46.8 Å². The first-order chi connectivity index (χ1) is 13.8. The summed E-state index contributed by atoms with van der Waals surface area (Å²) in [5.74, 6) is 0.978. The van der Waals surface area contributed by atoms with Crippen LogP contribution >= 0.6 is 35.3 Å². The van der Waals surface area contributed by atoms with Crippen LogP contribution in [0.5, 0.6) is 0 Å².